The lowest BCUT2D eigenvalue weighted by molar-refractivity contribution is -0.143. The second kappa shape index (κ2) is 22.4. The molecule has 0 saturated heterocycles. The minimum atomic E-state index is -2.06. The molecule has 52 heavy (non-hydrogen) atoms. The molecule has 24 nitrogen and oxygen atoms in total. The molecule has 0 aromatic carbocycles. The molecule has 0 aliphatic carbocycles. The Kier molecular flexibility index (Phi) is 20.0. The van der Waals surface area contributed by atoms with E-state index in [0.717, 1.165) is 6.92 Å². The van der Waals surface area contributed by atoms with Crippen molar-refractivity contribution < 1.29 is 73.5 Å². The molecule has 294 valence electrons. The van der Waals surface area contributed by atoms with Crippen LogP contribution in [0.3, 0.4) is 0 Å². The third-order valence-electron chi connectivity index (χ3n) is 6.82. The number of primary amides is 2. The van der Waals surface area contributed by atoms with Crippen LogP contribution in [0.25, 0.3) is 0 Å². The van der Waals surface area contributed by atoms with E-state index in [1.165, 1.54) is 0 Å². The fourth-order valence-electron chi connectivity index (χ4n) is 4.19. The molecule has 0 fully saturated rings. The van der Waals surface area contributed by atoms with Crippen molar-refractivity contribution in [3.63, 3.8) is 0 Å². The molecule has 0 aromatic heterocycles. The minimum absolute atomic E-state index is 0.0846. The van der Waals surface area contributed by atoms with Crippen LogP contribution in [0, 0.1) is 5.92 Å². The van der Waals surface area contributed by atoms with Gasteiger partial charge < -0.3 is 74.6 Å². The van der Waals surface area contributed by atoms with Crippen LogP contribution in [-0.4, -0.2) is 146 Å². The van der Waals surface area contributed by atoms with Gasteiger partial charge >= 0.3 is 11.9 Å². The van der Waals surface area contributed by atoms with Crippen LogP contribution in [-0.2, 0) is 47.9 Å². The van der Waals surface area contributed by atoms with Crippen molar-refractivity contribution >= 4 is 59.2 Å². The summed E-state index contributed by atoms with van der Waals surface area (Å²) in [6.45, 7) is 2.48. The van der Waals surface area contributed by atoms with E-state index in [4.69, 9.17) is 27.4 Å². The van der Waals surface area contributed by atoms with Gasteiger partial charge in [0.15, 0.2) is 0 Å². The first kappa shape index (κ1) is 46.5. The zero-order valence-electron chi connectivity index (χ0n) is 28.5. The Labute approximate surface area is 295 Å². The van der Waals surface area contributed by atoms with Gasteiger partial charge in [0.25, 0.3) is 0 Å². The molecule has 0 aliphatic heterocycles. The summed E-state index contributed by atoms with van der Waals surface area (Å²) >= 11 is 0. The van der Waals surface area contributed by atoms with E-state index in [-0.39, 0.29) is 12.3 Å². The zero-order chi connectivity index (χ0) is 40.5. The molecule has 0 heterocycles. The van der Waals surface area contributed by atoms with Gasteiger partial charge in [-0.15, -0.1) is 0 Å². The number of rotatable bonds is 24. The highest BCUT2D eigenvalue weighted by molar-refractivity contribution is 6.00. The highest BCUT2D eigenvalue weighted by atomic mass is 16.4. The molecule has 8 atom stereocenters. The molecule has 8 amide bonds. The van der Waals surface area contributed by atoms with Crippen LogP contribution in [0.2, 0.25) is 0 Å². The monoisotopic (exact) mass is 749 g/mol. The van der Waals surface area contributed by atoms with Gasteiger partial charge in [-0.25, -0.2) is 4.79 Å². The Balaban J connectivity index is 6.24. The summed E-state index contributed by atoms with van der Waals surface area (Å²) in [6.07, 6.45) is -4.80. The fourth-order valence-corrected chi connectivity index (χ4v) is 4.19. The molecular formula is C28H47N9O15. The predicted octanol–water partition coefficient (Wildman–Crippen LogP) is -8.06. The topological polar surface area (TPSA) is 422 Å². The summed E-state index contributed by atoms with van der Waals surface area (Å²) in [6, 6.07) is -12.5. The molecule has 0 rings (SSSR count). The van der Waals surface area contributed by atoms with Gasteiger partial charge in [0, 0.05) is 0 Å². The van der Waals surface area contributed by atoms with Crippen molar-refractivity contribution in [3.8, 4) is 0 Å². The van der Waals surface area contributed by atoms with Crippen LogP contribution in [0.1, 0.15) is 46.5 Å². The number of nitrogens with two attached hydrogens (primary N) is 3. The average molecular weight is 750 g/mol. The molecular weight excluding hydrogens is 702 g/mol. The van der Waals surface area contributed by atoms with Crippen LogP contribution in [0.4, 0.5) is 0 Å². The Morgan fingerprint density at radius 2 is 0.923 bits per heavy atom. The Morgan fingerprint density at radius 1 is 0.538 bits per heavy atom. The molecule has 0 bridgehead atoms. The summed E-state index contributed by atoms with van der Waals surface area (Å²) in [5, 5.41) is 59.5. The number of aliphatic hydroxyl groups is 3. The fraction of sp³-hybridized carbons (Fsp3) is 0.643. The third kappa shape index (κ3) is 17.0. The normalized spacial score (nSPS) is 15.5. The molecule has 17 N–H and O–H groups in total. The molecule has 24 heteroatoms. The van der Waals surface area contributed by atoms with E-state index in [9.17, 15) is 63.3 Å². The minimum Gasteiger partial charge on any atom is -0.481 e. The number of amides is 8. The Hall–Kier alpha value is -5.46. The molecule has 0 spiro atoms. The van der Waals surface area contributed by atoms with Crippen molar-refractivity contribution in [2.45, 2.75) is 94.9 Å². The van der Waals surface area contributed by atoms with Crippen molar-refractivity contribution in [2.24, 2.45) is 23.1 Å². The van der Waals surface area contributed by atoms with Gasteiger partial charge in [0.1, 0.15) is 42.3 Å². The maximum Gasteiger partial charge on any atom is 0.328 e. The van der Waals surface area contributed by atoms with E-state index in [0.29, 0.717) is 0 Å². The van der Waals surface area contributed by atoms with E-state index in [1.807, 2.05) is 26.6 Å². The van der Waals surface area contributed by atoms with E-state index < -0.39 is 140 Å². The van der Waals surface area contributed by atoms with Crippen LogP contribution in [0.5, 0.6) is 0 Å². The summed E-state index contributed by atoms with van der Waals surface area (Å²) in [5.41, 5.74) is 15.7. The summed E-state index contributed by atoms with van der Waals surface area (Å²) < 4.78 is 0. The highest BCUT2D eigenvalue weighted by Gasteiger charge is 2.36. The number of hydrogen-bond acceptors (Lipinski definition) is 14. The first-order valence-electron chi connectivity index (χ1n) is 15.5. The maximum absolute atomic E-state index is 13.2. The van der Waals surface area contributed by atoms with Crippen LogP contribution >= 0.6 is 0 Å². The molecule has 0 radical (unpaired) electrons. The number of aliphatic hydroxyl groups excluding tert-OH is 3. The zero-order valence-corrected chi connectivity index (χ0v) is 28.5. The van der Waals surface area contributed by atoms with Crippen LogP contribution < -0.4 is 49.1 Å². The van der Waals surface area contributed by atoms with Gasteiger partial charge in [-0.3, -0.25) is 43.2 Å². The summed E-state index contributed by atoms with van der Waals surface area (Å²) in [5.74, 6) is -13.3. The lowest BCUT2D eigenvalue weighted by Crippen LogP contribution is -2.62. The molecule has 0 aromatic rings. The molecule has 0 saturated carbocycles. The maximum atomic E-state index is 13.2. The smallest absolute Gasteiger partial charge is 0.328 e. The third-order valence-corrected chi connectivity index (χ3v) is 6.82. The second-order valence-electron chi connectivity index (χ2n) is 11.9. The first-order valence-corrected chi connectivity index (χ1v) is 15.5. The standard InChI is InChI=1S/C28H47N9O15/c1-10(2)4-13(23(46)36-17(9-39)28(51)52)35-27(50)21(11(3)40)37-26(49)16(7-20(43)44)34-25(48)15(6-19(31)42)33-24(47)14(5-18(30)41)32-22(45)12(29)8-38/h10-17,21,38-40H,4-9,29H2,1-3H3,(H2,30,41)(H2,31,42)(H,32,45)(H,33,47)(H,34,48)(H,35,50)(H,36,46)(H,37,49)(H,43,44)(H,51,52)/t11-,12+,13+,14+,15+,16+,17+,21+/m1/s1. The quantitative estimate of drug-likeness (QED) is 0.0436. The number of nitrogens with one attached hydrogen (secondary N) is 6. The average Bonchev–Trinajstić information content (AvgIpc) is 3.02. The number of hydrogen-bond donors (Lipinski definition) is 14. The van der Waals surface area contributed by atoms with Gasteiger partial charge in [0.2, 0.25) is 47.3 Å². The van der Waals surface area contributed by atoms with Crippen molar-refractivity contribution in [1.29, 1.82) is 0 Å². The summed E-state index contributed by atoms with van der Waals surface area (Å²) in [7, 11) is 0. The number of carboxylic acid groups (broad SMARTS) is 2. The van der Waals surface area contributed by atoms with Crippen molar-refractivity contribution in [2.75, 3.05) is 13.2 Å². The van der Waals surface area contributed by atoms with Crippen molar-refractivity contribution in [1.82, 2.24) is 31.9 Å². The first-order chi connectivity index (χ1) is 24.0. The number of carboxylic acids is 2. The number of aliphatic carboxylic acids is 2. The van der Waals surface area contributed by atoms with E-state index in [2.05, 4.69) is 5.32 Å². The molecule has 0 unspecified atom stereocenters. The lowest BCUT2D eigenvalue weighted by atomic mass is 10.0. The van der Waals surface area contributed by atoms with Gasteiger partial charge in [0.05, 0.1) is 38.6 Å². The van der Waals surface area contributed by atoms with Crippen LogP contribution in [0.15, 0.2) is 0 Å². The second-order valence-corrected chi connectivity index (χ2v) is 11.9. The number of carbonyl (C=O) groups excluding carboxylic acids is 8. The Bertz CT molecular complexity index is 1340. The van der Waals surface area contributed by atoms with E-state index >= 15 is 0 Å². The lowest BCUT2D eigenvalue weighted by Gasteiger charge is -2.28. The summed E-state index contributed by atoms with van der Waals surface area (Å²) in [4.78, 5) is 124. The van der Waals surface area contributed by atoms with Gasteiger partial charge in [-0.2, -0.15) is 0 Å². The predicted molar refractivity (Wildman–Crippen MR) is 172 cm³/mol. The molecule has 0 aliphatic rings. The van der Waals surface area contributed by atoms with Gasteiger partial charge in [-0.1, -0.05) is 13.8 Å². The highest BCUT2D eigenvalue weighted by Crippen LogP contribution is 2.08. The van der Waals surface area contributed by atoms with Crippen molar-refractivity contribution in [3.05, 3.63) is 0 Å². The number of carbonyl (C=O) groups is 10. The van der Waals surface area contributed by atoms with E-state index in [1.54, 1.807) is 13.8 Å². The Morgan fingerprint density at radius 3 is 1.29 bits per heavy atom. The SMILES string of the molecule is CC(C)C[C@H](NC(=O)[C@@H](NC(=O)[C@H](CC(=O)O)NC(=O)[C@H](CC(N)=O)NC(=O)[C@H](CC(N)=O)NC(=O)[C@@H](N)CO)[C@@H](C)O)C(=O)N[C@@H](CO)C(=O)O. The largest absolute Gasteiger partial charge is 0.481 e. The van der Waals surface area contributed by atoms with Gasteiger partial charge in [-0.05, 0) is 19.3 Å².